The van der Waals surface area contributed by atoms with Crippen molar-refractivity contribution in [3.05, 3.63) is 217 Å². The number of nitrogens with zero attached hydrogens (tertiary/aromatic N) is 7. The summed E-state index contributed by atoms with van der Waals surface area (Å²) in [5, 5.41) is 31.6. The van der Waals surface area contributed by atoms with Crippen LogP contribution in [0.2, 0.25) is 0 Å². The lowest BCUT2D eigenvalue weighted by molar-refractivity contribution is 1.17. The Morgan fingerprint density at radius 3 is 1.50 bits per heavy atom. The molecule has 0 amide bonds. The molecule has 0 aliphatic carbocycles. The van der Waals surface area contributed by atoms with Crippen molar-refractivity contribution < 1.29 is 0 Å². The van der Waals surface area contributed by atoms with Crippen molar-refractivity contribution in [2.75, 3.05) is 4.90 Å². The van der Waals surface area contributed by atoms with E-state index in [1.165, 1.54) is 0 Å². The first-order valence-corrected chi connectivity index (χ1v) is 20.1. The summed E-state index contributed by atoms with van der Waals surface area (Å²) in [5.41, 5.74) is 13.5. The minimum atomic E-state index is 0.524. The third-order valence-electron chi connectivity index (χ3n) is 11.1. The van der Waals surface area contributed by atoms with Gasteiger partial charge in [0.1, 0.15) is 6.07 Å². The van der Waals surface area contributed by atoms with Gasteiger partial charge in [0, 0.05) is 44.5 Å². The molecule has 0 aliphatic rings. The maximum absolute atomic E-state index is 10.7. The minimum Gasteiger partial charge on any atom is -0.310 e. The summed E-state index contributed by atoms with van der Waals surface area (Å²) in [7, 11) is 0. The van der Waals surface area contributed by atoms with Gasteiger partial charge in [-0.2, -0.15) is 15.8 Å². The lowest BCUT2D eigenvalue weighted by Crippen LogP contribution is -2.09. The zero-order chi connectivity index (χ0) is 42.0. The molecule has 2 aromatic heterocycles. The Balaban J connectivity index is 1.02. The molecule has 62 heavy (non-hydrogen) atoms. The van der Waals surface area contributed by atoms with Gasteiger partial charge in [-0.15, -0.1) is 0 Å². The second-order valence-electron chi connectivity index (χ2n) is 14.8. The van der Waals surface area contributed by atoms with Crippen LogP contribution < -0.4 is 4.90 Å². The zero-order valence-electron chi connectivity index (χ0n) is 33.2. The van der Waals surface area contributed by atoms with Crippen LogP contribution in [0.4, 0.5) is 17.1 Å². The molecule has 0 atom stereocenters. The Bertz CT molecular complexity index is 3290. The predicted molar refractivity (Wildman–Crippen MR) is 247 cm³/mol. The van der Waals surface area contributed by atoms with Gasteiger partial charge in [0.15, 0.2) is 5.82 Å². The first-order chi connectivity index (χ1) is 30.6. The van der Waals surface area contributed by atoms with E-state index in [0.717, 1.165) is 78.1 Å². The summed E-state index contributed by atoms with van der Waals surface area (Å²) >= 11 is 0. The highest BCUT2D eigenvalue weighted by Gasteiger charge is 2.19. The summed E-state index contributed by atoms with van der Waals surface area (Å²) < 4.78 is 2.20. The lowest BCUT2D eigenvalue weighted by atomic mass is 9.99. The highest BCUT2D eigenvalue weighted by Crippen LogP contribution is 2.40. The van der Waals surface area contributed by atoms with Crippen LogP contribution in [0.3, 0.4) is 0 Å². The average Bonchev–Trinajstić information content (AvgIpc) is 3.68. The fraction of sp³-hybridized carbons (Fsp3) is 0. The number of benzene rings is 8. The van der Waals surface area contributed by atoms with Gasteiger partial charge in [-0.1, -0.05) is 97.1 Å². The summed E-state index contributed by atoms with van der Waals surface area (Å²) in [6.45, 7) is 0. The summed E-state index contributed by atoms with van der Waals surface area (Å²) in [6, 6.07) is 73.2. The van der Waals surface area contributed by atoms with Gasteiger partial charge in [-0.3, -0.25) is 0 Å². The first-order valence-electron chi connectivity index (χ1n) is 20.1. The molecule has 0 fully saturated rings. The van der Waals surface area contributed by atoms with Gasteiger partial charge in [0.2, 0.25) is 0 Å². The third kappa shape index (κ3) is 6.87. The predicted octanol–water partition coefficient (Wildman–Crippen LogP) is 13.3. The van der Waals surface area contributed by atoms with Crippen molar-refractivity contribution in [1.82, 2.24) is 14.5 Å². The van der Waals surface area contributed by atoms with Crippen molar-refractivity contribution in [3.63, 3.8) is 0 Å². The maximum atomic E-state index is 10.7. The number of anilines is 3. The molecule has 7 nitrogen and oxygen atoms in total. The molecule has 0 spiro atoms. The quantitative estimate of drug-likeness (QED) is 0.152. The number of hydrogen-bond donors (Lipinski definition) is 0. The number of hydrogen-bond acceptors (Lipinski definition) is 6. The van der Waals surface area contributed by atoms with E-state index in [0.29, 0.717) is 28.2 Å². The molecule has 0 radical (unpaired) electrons. The molecule has 0 N–H and O–H groups in total. The topological polar surface area (TPSA) is 105 Å². The van der Waals surface area contributed by atoms with E-state index in [1.807, 2.05) is 84.9 Å². The normalized spacial score (nSPS) is 10.9. The fourth-order valence-corrected chi connectivity index (χ4v) is 8.08. The molecule has 0 aliphatic heterocycles. The van der Waals surface area contributed by atoms with Crippen LogP contribution in [-0.4, -0.2) is 14.5 Å². The molecule has 0 saturated carbocycles. The van der Waals surface area contributed by atoms with E-state index in [9.17, 15) is 15.8 Å². The third-order valence-corrected chi connectivity index (χ3v) is 11.1. The molecule has 10 rings (SSSR count). The van der Waals surface area contributed by atoms with Gasteiger partial charge in [-0.05, 0) is 114 Å². The van der Waals surface area contributed by atoms with Crippen molar-refractivity contribution in [2.45, 2.75) is 0 Å². The maximum Gasteiger partial charge on any atom is 0.160 e. The van der Waals surface area contributed by atoms with Crippen LogP contribution in [0.25, 0.3) is 72.5 Å². The van der Waals surface area contributed by atoms with Gasteiger partial charge < -0.3 is 9.47 Å². The van der Waals surface area contributed by atoms with Crippen LogP contribution >= 0.6 is 0 Å². The van der Waals surface area contributed by atoms with Crippen molar-refractivity contribution in [1.29, 1.82) is 15.8 Å². The van der Waals surface area contributed by atoms with Gasteiger partial charge >= 0.3 is 0 Å². The van der Waals surface area contributed by atoms with E-state index in [4.69, 9.17) is 9.97 Å². The van der Waals surface area contributed by atoms with E-state index < -0.39 is 0 Å². The van der Waals surface area contributed by atoms with Crippen LogP contribution in [0, 0.1) is 34.0 Å². The molecule has 0 unspecified atom stereocenters. The first kappa shape index (κ1) is 37.2. The highest BCUT2D eigenvalue weighted by molar-refractivity contribution is 6.11. The number of rotatable bonds is 8. The van der Waals surface area contributed by atoms with Crippen molar-refractivity contribution in [3.8, 4) is 68.9 Å². The van der Waals surface area contributed by atoms with E-state index >= 15 is 0 Å². The van der Waals surface area contributed by atoms with E-state index in [1.54, 1.807) is 24.3 Å². The Hall–Kier alpha value is -9.09. The average molecular weight is 792 g/mol. The van der Waals surface area contributed by atoms with Crippen LogP contribution in [-0.2, 0) is 0 Å². The number of para-hydroxylation sites is 3. The molecule has 2 heterocycles. The van der Waals surface area contributed by atoms with Gasteiger partial charge in [0.25, 0.3) is 0 Å². The standard InChI is InChI=1S/C55H33N7/c56-34-37-15-19-40(20-16-37)50-33-51(60-55(59-50)42-21-17-38(35-57)18-22-42)41-25-23-39(24-26-41)43-27-29-52(44(31-43)36-58)62-53-14-8-7-13-48(53)49-32-47(28-30-54(49)62)61(45-9-3-1-4-10-45)46-11-5-2-6-12-46/h1-33H. The highest BCUT2D eigenvalue weighted by atomic mass is 15.1. The molecular weight excluding hydrogens is 759 g/mol. The monoisotopic (exact) mass is 791 g/mol. The Morgan fingerprint density at radius 2 is 0.903 bits per heavy atom. The molecule has 0 bridgehead atoms. The van der Waals surface area contributed by atoms with Crippen LogP contribution in [0.15, 0.2) is 200 Å². The second-order valence-corrected chi connectivity index (χ2v) is 14.8. The van der Waals surface area contributed by atoms with E-state index in [2.05, 4.69) is 119 Å². The zero-order valence-corrected chi connectivity index (χ0v) is 33.2. The fourth-order valence-electron chi connectivity index (χ4n) is 8.08. The summed E-state index contributed by atoms with van der Waals surface area (Å²) in [4.78, 5) is 12.1. The Kier molecular flexibility index (Phi) is 9.56. The number of nitriles is 3. The Morgan fingerprint density at radius 1 is 0.387 bits per heavy atom. The SMILES string of the molecule is N#Cc1ccc(-c2cc(-c3ccc(-c4ccc(-n5c6ccccc6c6cc(N(c7ccccc7)c7ccccc7)ccc65)c(C#N)c4)cc3)nc(-c3ccc(C#N)cc3)n2)cc1. The van der Waals surface area contributed by atoms with E-state index in [-0.39, 0.29) is 0 Å². The largest absolute Gasteiger partial charge is 0.310 e. The number of fused-ring (bicyclic) bond motifs is 3. The molecule has 8 aromatic carbocycles. The Labute approximate surface area is 358 Å². The van der Waals surface area contributed by atoms with Crippen molar-refractivity contribution in [2.24, 2.45) is 0 Å². The van der Waals surface area contributed by atoms with Gasteiger partial charge in [0.05, 0.1) is 56.9 Å². The minimum absolute atomic E-state index is 0.524. The van der Waals surface area contributed by atoms with Crippen LogP contribution in [0.5, 0.6) is 0 Å². The van der Waals surface area contributed by atoms with Crippen LogP contribution in [0.1, 0.15) is 16.7 Å². The molecule has 0 saturated heterocycles. The molecule has 7 heteroatoms. The lowest BCUT2D eigenvalue weighted by Gasteiger charge is -2.25. The summed E-state index contributed by atoms with van der Waals surface area (Å²) in [6.07, 6.45) is 0. The molecular formula is C55H33N7. The molecule has 10 aromatic rings. The smallest absolute Gasteiger partial charge is 0.160 e. The number of aromatic nitrogens is 3. The summed E-state index contributed by atoms with van der Waals surface area (Å²) in [5.74, 6) is 0.524. The van der Waals surface area contributed by atoms with Gasteiger partial charge in [-0.25, -0.2) is 9.97 Å². The van der Waals surface area contributed by atoms with Crippen molar-refractivity contribution >= 4 is 38.9 Å². The molecule has 288 valence electrons. The second kappa shape index (κ2) is 15.9.